The third-order valence-electron chi connectivity index (χ3n) is 3.77. The highest BCUT2D eigenvalue weighted by Crippen LogP contribution is 2.34. The average Bonchev–Trinajstić information content (AvgIpc) is 3.00. The van der Waals surface area contributed by atoms with E-state index in [1.54, 1.807) is 29.2 Å². The lowest BCUT2D eigenvalue weighted by molar-refractivity contribution is 0.0985. The summed E-state index contributed by atoms with van der Waals surface area (Å²) in [5, 5.41) is 1.95. The first-order valence-electron chi connectivity index (χ1n) is 7.83. The van der Waals surface area contributed by atoms with Gasteiger partial charge in [-0.05, 0) is 44.4 Å². The van der Waals surface area contributed by atoms with Crippen molar-refractivity contribution in [3.8, 4) is 0 Å². The van der Waals surface area contributed by atoms with Crippen LogP contribution in [0.1, 0.15) is 10.4 Å². The second-order valence-corrected chi connectivity index (χ2v) is 8.23. The van der Waals surface area contributed by atoms with Crippen LogP contribution in [-0.2, 0) is 0 Å². The number of fused-ring (bicyclic) bond motifs is 1. The smallest absolute Gasteiger partial charge is 0.261 e. The molecule has 4 nitrogen and oxygen atoms in total. The van der Waals surface area contributed by atoms with E-state index in [2.05, 4.69) is 4.98 Å². The molecule has 0 N–H and O–H groups in total. The van der Waals surface area contributed by atoms with Gasteiger partial charge in [0.15, 0.2) is 5.13 Å². The van der Waals surface area contributed by atoms with Gasteiger partial charge in [-0.15, -0.1) is 12.4 Å². The number of anilines is 1. The molecule has 0 saturated heterocycles. The molecule has 0 fully saturated rings. The van der Waals surface area contributed by atoms with E-state index in [4.69, 9.17) is 34.8 Å². The van der Waals surface area contributed by atoms with E-state index in [1.165, 1.54) is 11.3 Å². The van der Waals surface area contributed by atoms with Crippen LogP contribution in [0.5, 0.6) is 0 Å². The minimum atomic E-state index is -0.219. The lowest BCUT2D eigenvalue weighted by Gasteiger charge is -2.22. The molecule has 0 unspecified atom stereocenters. The second kappa shape index (κ2) is 9.41. The van der Waals surface area contributed by atoms with E-state index in [9.17, 15) is 4.79 Å². The molecule has 1 aromatic heterocycles. The summed E-state index contributed by atoms with van der Waals surface area (Å²) < 4.78 is 0.928. The molecule has 0 saturated carbocycles. The Morgan fingerprint density at radius 1 is 1.07 bits per heavy atom. The Hall–Kier alpha value is -1.08. The van der Waals surface area contributed by atoms with Crippen molar-refractivity contribution < 1.29 is 4.79 Å². The summed E-state index contributed by atoms with van der Waals surface area (Å²) in [6.45, 7) is 1.16. The zero-order valence-electron chi connectivity index (χ0n) is 14.6. The number of halogens is 4. The van der Waals surface area contributed by atoms with Crippen LogP contribution in [0.25, 0.3) is 10.2 Å². The molecule has 3 rings (SSSR count). The first-order chi connectivity index (χ1) is 12.4. The standard InChI is InChI=1S/C18H16Cl3N3OS.ClH/c1-23(2)8-9-24(17(25)12-7-6-11(19)10-14(12)21)18-22-16-13(20)4-3-5-15(16)26-18;/h3-7,10H,8-9H2,1-2H3;1H. The average molecular weight is 465 g/mol. The molecule has 0 spiro atoms. The number of carbonyl (C=O) groups excluding carboxylic acids is 1. The van der Waals surface area contributed by atoms with E-state index < -0.39 is 0 Å². The predicted octanol–water partition coefficient (Wildman–Crippen LogP) is 5.89. The third-order valence-corrected chi connectivity index (χ3v) is 5.66. The van der Waals surface area contributed by atoms with Crippen molar-refractivity contribution in [1.29, 1.82) is 0 Å². The van der Waals surface area contributed by atoms with Gasteiger partial charge in [-0.3, -0.25) is 9.69 Å². The Morgan fingerprint density at radius 2 is 1.81 bits per heavy atom. The highest BCUT2D eigenvalue weighted by atomic mass is 35.5. The number of aromatic nitrogens is 1. The van der Waals surface area contributed by atoms with Crippen LogP contribution < -0.4 is 4.90 Å². The van der Waals surface area contributed by atoms with E-state index >= 15 is 0 Å². The summed E-state index contributed by atoms with van der Waals surface area (Å²) in [5.41, 5.74) is 1.08. The number of amides is 1. The lowest BCUT2D eigenvalue weighted by atomic mass is 10.2. The highest BCUT2D eigenvalue weighted by molar-refractivity contribution is 7.22. The fourth-order valence-corrected chi connectivity index (χ4v) is 4.19. The van der Waals surface area contributed by atoms with Crippen molar-refractivity contribution in [3.63, 3.8) is 0 Å². The molecule has 0 aliphatic heterocycles. The first-order valence-corrected chi connectivity index (χ1v) is 9.78. The maximum absolute atomic E-state index is 13.2. The molecule has 1 heterocycles. The van der Waals surface area contributed by atoms with Crippen molar-refractivity contribution in [3.05, 3.63) is 57.0 Å². The number of rotatable bonds is 5. The molecule has 0 bridgehead atoms. The van der Waals surface area contributed by atoms with Gasteiger partial charge in [0.05, 0.1) is 20.3 Å². The van der Waals surface area contributed by atoms with Gasteiger partial charge in [0.2, 0.25) is 0 Å². The molecular weight excluding hydrogens is 448 g/mol. The number of hydrogen-bond donors (Lipinski definition) is 0. The van der Waals surface area contributed by atoms with Crippen LogP contribution in [-0.4, -0.2) is 43.0 Å². The van der Waals surface area contributed by atoms with Crippen LogP contribution in [0, 0.1) is 0 Å². The number of benzene rings is 2. The van der Waals surface area contributed by atoms with E-state index in [0.29, 0.717) is 44.4 Å². The van der Waals surface area contributed by atoms with Crippen LogP contribution in [0.15, 0.2) is 36.4 Å². The summed E-state index contributed by atoms with van der Waals surface area (Å²) in [7, 11) is 3.90. The van der Waals surface area contributed by atoms with Crippen molar-refractivity contribution >= 4 is 79.8 Å². The normalized spacial score (nSPS) is 10.9. The number of carbonyl (C=O) groups is 1. The Balaban J connectivity index is 0.00000261. The molecule has 144 valence electrons. The van der Waals surface area contributed by atoms with Gasteiger partial charge in [-0.25, -0.2) is 4.98 Å². The summed E-state index contributed by atoms with van der Waals surface area (Å²) in [4.78, 5) is 21.4. The van der Waals surface area contributed by atoms with E-state index in [-0.39, 0.29) is 18.3 Å². The van der Waals surface area contributed by atoms with Gasteiger partial charge in [-0.1, -0.05) is 52.2 Å². The molecule has 0 radical (unpaired) electrons. The Morgan fingerprint density at radius 3 is 2.44 bits per heavy atom. The molecular formula is C18H17Cl4N3OS. The summed E-state index contributed by atoms with van der Waals surface area (Å²) in [6.07, 6.45) is 0. The third kappa shape index (κ3) is 5.05. The first kappa shape index (κ1) is 22.2. The zero-order chi connectivity index (χ0) is 18.8. The topological polar surface area (TPSA) is 36.4 Å². The van der Waals surface area contributed by atoms with Gasteiger partial charge in [-0.2, -0.15) is 0 Å². The molecule has 0 aliphatic rings. The van der Waals surface area contributed by atoms with Crippen molar-refractivity contribution in [1.82, 2.24) is 9.88 Å². The minimum Gasteiger partial charge on any atom is -0.308 e. The number of likely N-dealkylation sites (N-methyl/N-ethyl adjacent to an activating group) is 1. The maximum Gasteiger partial charge on any atom is 0.261 e. The van der Waals surface area contributed by atoms with Gasteiger partial charge < -0.3 is 4.90 Å². The van der Waals surface area contributed by atoms with Crippen molar-refractivity contribution in [2.24, 2.45) is 0 Å². The van der Waals surface area contributed by atoms with Crippen LogP contribution >= 0.6 is 58.5 Å². The van der Waals surface area contributed by atoms with E-state index in [0.717, 1.165) is 4.70 Å². The van der Waals surface area contributed by atoms with Gasteiger partial charge in [0.25, 0.3) is 5.91 Å². The van der Waals surface area contributed by atoms with Crippen LogP contribution in [0.2, 0.25) is 15.1 Å². The molecule has 0 aliphatic carbocycles. The Kier molecular flexibility index (Phi) is 7.74. The number of thiazole rings is 1. The number of para-hydroxylation sites is 1. The maximum atomic E-state index is 13.2. The van der Waals surface area contributed by atoms with Gasteiger partial charge >= 0.3 is 0 Å². The minimum absolute atomic E-state index is 0. The summed E-state index contributed by atoms with van der Waals surface area (Å²) in [5.74, 6) is -0.219. The van der Waals surface area contributed by atoms with Crippen LogP contribution in [0.3, 0.4) is 0 Å². The van der Waals surface area contributed by atoms with Gasteiger partial charge in [0, 0.05) is 18.1 Å². The molecule has 1 amide bonds. The highest BCUT2D eigenvalue weighted by Gasteiger charge is 2.23. The fourth-order valence-electron chi connectivity index (χ4n) is 2.41. The van der Waals surface area contributed by atoms with Crippen LogP contribution in [0.4, 0.5) is 5.13 Å². The van der Waals surface area contributed by atoms with Crippen molar-refractivity contribution in [2.75, 3.05) is 32.1 Å². The monoisotopic (exact) mass is 463 g/mol. The second-order valence-electron chi connectivity index (χ2n) is 5.97. The fraction of sp³-hybridized carbons (Fsp3) is 0.222. The SMILES string of the molecule is CN(C)CCN(C(=O)c1ccc(Cl)cc1Cl)c1nc2c(Cl)cccc2s1.Cl. The lowest BCUT2D eigenvalue weighted by Crippen LogP contribution is -2.36. The van der Waals surface area contributed by atoms with Gasteiger partial charge in [0.1, 0.15) is 5.52 Å². The Bertz CT molecular complexity index is 961. The molecule has 27 heavy (non-hydrogen) atoms. The number of hydrogen-bond acceptors (Lipinski definition) is 4. The largest absolute Gasteiger partial charge is 0.308 e. The Labute approximate surface area is 183 Å². The zero-order valence-corrected chi connectivity index (χ0v) is 18.5. The van der Waals surface area contributed by atoms with Crippen molar-refractivity contribution in [2.45, 2.75) is 0 Å². The molecule has 0 atom stereocenters. The summed E-state index contributed by atoms with van der Waals surface area (Å²) >= 11 is 19.9. The molecule has 2 aromatic carbocycles. The number of nitrogens with zero attached hydrogens (tertiary/aromatic N) is 3. The molecule has 3 aromatic rings. The quantitative estimate of drug-likeness (QED) is 0.472. The molecule has 9 heteroatoms. The summed E-state index contributed by atoms with van der Waals surface area (Å²) in [6, 6.07) is 10.4. The predicted molar refractivity (Wildman–Crippen MR) is 119 cm³/mol. The van der Waals surface area contributed by atoms with E-state index in [1.807, 2.05) is 31.1 Å².